The van der Waals surface area contributed by atoms with Crippen LogP contribution in [0.25, 0.3) is 0 Å². The second kappa shape index (κ2) is 5.78. The first-order valence-corrected chi connectivity index (χ1v) is 9.70. The van der Waals surface area contributed by atoms with Gasteiger partial charge in [0.15, 0.2) is 5.60 Å². The lowest BCUT2D eigenvalue weighted by Crippen LogP contribution is -2.56. The average Bonchev–Trinajstić information content (AvgIpc) is 3.09. The lowest BCUT2D eigenvalue weighted by atomic mass is 9.70. The highest BCUT2D eigenvalue weighted by Gasteiger charge is 2.75. The second-order valence-electron chi connectivity index (χ2n) is 9.33. The standard InChI is InChI=1S/C20H28O7/c1-10(2)8-13(21)24-12-9-19(5,23)20-7-6-18(4,26-27-20)16(20)15-14(12)11(3)17(22)25-15/h6-7,10-12,14-16,23H,8-9H2,1-5H3/t11-,12-,14+,15-,16-,18+,19+,20-/m0/s1. The molecule has 0 aromatic carbocycles. The second-order valence-corrected chi connectivity index (χ2v) is 9.33. The average molecular weight is 380 g/mol. The fraction of sp³-hybridized carbons (Fsp3) is 0.800. The summed E-state index contributed by atoms with van der Waals surface area (Å²) in [7, 11) is 0. The van der Waals surface area contributed by atoms with Gasteiger partial charge in [-0.05, 0) is 25.8 Å². The van der Waals surface area contributed by atoms with Crippen molar-refractivity contribution in [1.82, 2.24) is 0 Å². The Hall–Kier alpha value is -1.44. The summed E-state index contributed by atoms with van der Waals surface area (Å²) in [5.41, 5.74) is -3.32. The van der Waals surface area contributed by atoms with E-state index in [0.29, 0.717) is 0 Å². The van der Waals surface area contributed by atoms with Gasteiger partial charge in [-0.3, -0.25) is 9.59 Å². The highest BCUT2D eigenvalue weighted by molar-refractivity contribution is 5.76. The molecule has 0 radical (unpaired) electrons. The summed E-state index contributed by atoms with van der Waals surface area (Å²) >= 11 is 0. The van der Waals surface area contributed by atoms with E-state index < -0.39 is 40.8 Å². The topological polar surface area (TPSA) is 91.3 Å². The van der Waals surface area contributed by atoms with Crippen molar-refractivity contribution in [2.24, 2.45) is 23.7 Å². The summed E-state index contributed by atoms with van der Waals surface area (Å²) in [6.07, 6.45) is 2.90. The molecular formula is C20H28O7. The Balaban J connectivity index is 1.75. The largest absolute Gasteiger partial charge is 0.462 e. The van der Waals surface area contributed by atoms with Crippen molar-refractivity contribution in [2.45, 2.75) is 76.5 Å². The van der Waals surface area contributed by atoms with Crippen molar-refractivity contribution < 1.29 is 33.9 Å². The normalized spacial score (nSPS) is 50.3. The first-order valence-electron chi connectivity index (χ1n) is 9.70. The Kier molecular flexibility index (Phi) is 4.05. The molecule has 7 nitrogen and oxygen atoms in total. The monoisotopic (exact) mass is 380 g/mol. The van der Waals surface area contributed by atoms with E-state index in [0.717, 1.165) is 0 Å². The number of hydrogen-bond donors (Lipinski definition) is 1. The molecule has 3 fully saturated rings. The lowest BCUT2D eigenvalue weighted by Gasteiger charge is -2.40. The summed E-state index contributed by atoms with van der Waals surface area (Å²) in [4.78, 5) is 36.1. The molecular weight excluding hydrogens is 352 g/mol. The highest BCUT2D eigenvalue weighted by atomic mass is 17.2. The maximum atomic E-state index is 12.4. The Morgan fingerprint density at radius 2 is 2.04 bits per heavy atom. The van der Waals surface area contributed by atoms with E-state index in [1.54, 1.807) is 13.8 Å². The number of carbonyl (C=O) groups excluding carboxylic acids is 2. The number of carbonyl (C=O) groups is 2. The molecule has 8 atom stereocenters. The molecule has 4 rings (SSSR count). The molecule has 0 spiro atoms. The number of esters is 2. The van der Waals surface area contributed by atoms with Crippen LogP contribution >= 0.6 is 0 Å². The van der Waals surface area contributed by atoms with E-state index in [-0.39, 0.29) is 36.6 Å². The van der Waals surface area contributed by atoms with Gasteiger partial charge in [-0.15, -0.1) is 0 Å². The van der Waals surface area contributed by atoms with Gasteiger partial charge in [-0.2, -0.15) is 0 Å². The quantitative estimate of drug-likeness (QED) is 0.454. The van der Waals surface area contributed by atoms with Crippen molar-refractivity contribution in [3.8, 4) is 0 Å². The van der Waals surface area contributed by atoms with Crippen LogP contribution in [0, 0.1) is 23.7 Å². The van der Waals surface area contributed by atoms with Gasteiger partial charge in [0.25, 0.3) is 0 Å². The summed E-state index contributed by atoms with van der Waals surface area (Å²) in [6.45, 7) is 9.20. The Morgan fingerprint density at radius 3 is 2.63 bits per heavy atom. The number of aliphatic hydroxyl groups is 1. The minimum Gasteiger partial charge on any atom is -0.462 e. The number of rotatable bonds is 3. The molecule has 4 aliphatic rings. The Labute approximate surface area is 158 Å². The summed E-state index contributed by atoms with van der Waals surface area (Å²) < 4.78 is 11.6. The van der Waals surface area contributed by atoms with Gasteiger partial charge < -0.3 is 14.6 Å². The van der Waals surface area contributed by atoms with Gasteiger partial charge in [-0.1, -0.05) is 26.8 Å². The summed E-state index contributed by atoms with van der Waals surface area (Å²) in [5.74, 6) is -1.71. The molecule has 2 saturated heterocycles. The van der Waals surface area contributed by atoms with Crippen LogP contribution in [0.15, 0.2) is 12.2 Å². The van der Waals surface area contributed by atoms with E-state index in [9.17, 15) is 14.7 Å². The van der Waals surface area contributed by atoms with E-state index in [2.05, 4.69) is 0 Å². The molecule has 0 aromatic rings. The molecule has 0 aromatic heterocycles. The third-order valence-electron chi connectivity index (χ3n) is 6.74. The van der Waals surface area contributed by atoms with Gasteiger partial charge in [0.05, 0.1) is 11.8 Å². The Bertz CT molecular complexity index is 698. The van der Waals surface area contributed by atoms with Crippen LogP contribution in [0.5, 0.6) is 0 Å². The van der Waals surface area contributed by atoms with E-state index in [1.807, 2.05) is 32.9 Å². The van der Waals surface area contributed by atoms with E-state index >= 15 is 0 Å². The zero-order valence-corrected chi connectivity index (χ0v) is 16.4. The van der Waals surface area contributed by atoms with Crippen LogP contribution in [0.1, 0.15) is 47.5 Å². The third-order valence-corrected chi connectivity index (χ3v) is 6.74. The first-order chi connectivity index (χ1) is 12.5. The van der Waals surface area contributed by atoms with E-state index in [4.69, 9.17) is 19.2 Å². The van der Waals surface area contributed by atoms with Crippen molar-refractivity contribution in [1.29, 1.82) is 0 Å². The zero-order valence-electron chi connectivity index (χ0n) is 16.4. The minimum absolute atomic E-state index is 0.138. The maximum absolute atomic E-state index is 12.4. The van der Waals surface area contributed by atoms with Gasteiger partial charge >= 0.3 is 11.9 Å². The molecule has 1 saturated carbocycles. The summed E-state index contributed by atoms with van der Waals surface area (Å²) in [5, 5.41) is 11.4. The van der Waals surface area contributed by atoms with Crippen molar-refractivity contribution >= 4 is 11.9 Å². The van der Waals surface area contributed by atoms with Crippen molar-refractivity contribution in [3.63, 3.8) is 0 Å². The summed E-state index contributed by atoms with van der Waals surface area (Å²) in [6, 6.07) is 0. The predicted octanol–water partition coefficient (Wildman–Crippen LogP) is 1.92. The fourth-order valence-electron chi connectivity index (χ4n) is 5.36. The maximum Gasteiger partial charge on any atom is 0.309 e. The molecule has 2 aliphatic carbocycles. The third kappa shape index (κ3) is 2.51. The molecule has 0 unspecified atom stereocenters. The number of fused-ring (bicyclic) bond motifs is 1. The number of ether oxygens (including phenoxy) is 2. The molecule has 2 aliphatic heterocycles. The van der Waals surface area contributed by atoms with Gasteiger partial charge in [0.1, 0.15) is 23.4 Å². The smallest absolute Gasteiger partial charge is 0.309 e. The number of hydrogen-bond acceptors (Lipinski definition) is 7. The van der Waals surface area contributed by atoms with Crippen LogP contribution in [0.3, 0.4) is 0 Å². The molecule has 27 heavy (non-hydrogen) atoms. The zero-order chi connectivity index (χ0) is 19.8. The molecule has 7 heteroatoms. The van der Waals surface area contributed by atoms with E-state index in [1.165, 1.54) is 0 Å². The Morgan fingerprint density at radius 1 is 1.33 bits per heavy atom. The lowest BCUT2D eigenvalue weighted by molar-refractivity contribution is -0.361. The first kappa shape index (κ1) is 18.9. The van der Waals surface area contributed by atoms with Crippen LogP contribution in [-0.4, -0.2) is 46.1 Å². The SMILES string of the molecule is CC(C)CC(=O)O[C@H]1C[C@@](C)(O)[C@@]23C=C[C@@](C)(OO2)[C@@H]3[C@H]2OC(=O)[C@@H](C)[C@@H]21. The van der Waals surface area contributed by atoms with Crippen molar-refractivity contribution in [2.75, 3.05) is 0 Å². The highest BCUT2D eigenvalue weighted by Crippen LogP contribution is 2.62. The fourth-order valence-corrected chi connectivity index (χ4v) is 5.36. The van der Waals surface area contributed by atoms with Crippen molar-refractivity contribution in [3.05, 3.63) is 12.2 Å². The van der Waals surface area contributed by atoms with Crippen LogP contribution in [-0.2, 0) is 28.8 Å². The predicted molar refractivity (Wildman–Crippen MR) is 93.0 cm³/mol. The van der Waals surface area contributed by atoms with Crippen LogP contribution < -0.4 is 0 Å². The molecule has 0 amide bonds. The molecule has 150 valence electrons. The van der Waals surface area contributed by atoms with Gasteiger partial charge in [-0.25, -0.2) is 9.78 Å². The van der Waals surface area contributed by atoms with Crippen LogP contribution in [0.4, 0.5) is 0 Å². The molecule has 2 bridgehead atoms. The molecule has 2 heterocycles. The minimum atomic E-state index is -1.36. The van der Waals surface area contributed by atoms with Gasteiger partial charge in [0.2, 0.25) is 0 Å². The van der Waals surface area contributed by atoms with Gasteiger partial charge in [0, 0.05) is 18.8 Å². The molecule has 1 N–H and O–H groups in total. The van der Waals surface area contributed by atoms with Crippen LogP contribution in [0.2, 0.25) is 0 Å².